The zero-order chi connectivity index (χ0) is 17.5. The molecule has 0 fully saturated rings. The van der Waals surface area contributed by atoms with Gasteiger partial charge in [0.05, 0.1) is 13.2 Å². The van der Waals surface area contributed by atoms with Crippen LogP contribution in [0.2, 0.25) is 0 Å². The average molecular weight is 337 g/mol. The van der Waals surface area contributed by atoms with Crippen LogP contribution in [0.5, 0.6) is 5.75 Å². The van der Waals surface area contributed by atoms with E-state index in [1.165, 1.54) is 0 Å². The second-order valence-corrected chi connectivity index (χ2v) is 5.31. The largest absolute Gasteiger partial charge is 0.493 e. The molecule has 1 aromatic rings. The van der Waals surface area contributed by atoms with E-state index in [-0.39, 0.29) is 0 Å². The van der Waals surface area contributed by atoms with E-state index in [9.17, 15) is 0 Å². The topological polar surface area (TPSA) is 64.1 Å². The van der Waals surface area contributed by atoms with Gasteiger partial charge in [0.2, 0.25) is 0 Å². The lowest BCUT2D eigenvalue weighted by Gasteiger charge is -2.11. The van der Waals surface area contributed by atoms with Gasteiger partial charge < -0.3 is 24.8 Å². The Labute approximate surface area is 145 Å². The average Bonchev–Trinajstić information content (AvgIpc) is 2.60. The minimum Gasteiger partial charge on any atom is -0.493 e. The molecule has 0 unspecified atom stereocenters. The first-order valence-corrected chi connectivity index (χ1v) is 8.52. The van der Waals surface area contributed by atoms with Gasteiger partial charge >= 0.3 is 0 Å². The number of methoxy groups -OCH3 is 2. The Hall–Kier alpha value is -1.79. The van der Waals surface area contributed by atoms with Crippen LogP contribution in [0, 0.1) is 0 Å². The highest BCUT2D eigenvalue weighted by molar-refractivity contribution is 5.79. The molecule has 0 saturated heterocycles. The molecule has 0 heterocycles. The molecule has 0 bridgehead atoms. The summed E-state index contributed by atoms with van der Waals surface area (Å²) in [6.07, 6.45) is 1.83. The summed E-state index contributed by atoms with van der Waals surface area (Å²) >= 11 is 0. The molecule has 0 aliphatic carbocycles. The van der Waals surface area contributed by atoms with Gasteiger partial charge in [0.15, 0.2) is 5.96 Å². The number of ether oxygens (including phenoxy) is 3. The molecule has 0 amide bonds. The smallest absolute Gasteiger partial charge is 0.191 e. The third-order valence-corrected chi connectivity index (χ3v) is 3.24. The van der Waals surface area contributed by atoms with Crippen molar-refractivity contribution in [1.82, 2.24) is 10.6 Å². The highest BCUT2D eigenvalue weighted by Gasteiger charge is 2.00. The molecule has 0 radical (unpaired) electrons. The minimum absolute atomic E-state index is 0.606. The molecule has 0 aromatic heterocycles. The highest BCUT2D eigenvalue weighted by Crippen LogP contribution is 2.14. The predicted molar refractivity (Wildman–Crippen MR) is 97.7 cm³/mol. The van der Waals surface area contributed by atoms with Gasteiger partial charge in [-0.25, -0.2) is 4.99 Å². The standard InChI is InChI=1S/C18H31N3O3/c1-4-19-18(20-10-6-11-22-2)21-15-16-8-5-9-17(14-16)24-13-7-12-23-3/h5,8-9,14H,4,6-7,10-13,15H2,1-3H3,(H2,19,20,21). The van der Waals surface area contributed by atoms with E-state index in [1.54, 1.807) is 14.2 Å². The van der Waals surface area contributed by atoms with E-state index < -0.39 is 0 Å². The van der Waals surface area contributed by atoms with Gasteiger partial charge in [-0.05, 0) is 31.0 Å². The van der Waals surface area contributed by atoms with Crippen molar-refractivity contribution in [3.8, 4) is 5.75 Å². The van der Waals surface area contributed by atoms with Crippen LogP contribution >= 0.6 is 0 Å². The van der Waals surface area contributed by atoms with E-state index in [2.05, 4.69) is 28.6 Å². The molecule has 0 saturated carbocycles. The summed E-state index contributed by atoms with van der Waals surface area (Å²) in [6.45, 7) is 6.45. The van der Waals surface area contributed by atoms with Crippen LogP contribution in [-0.4, -0.2) is 53.1 Å². The number of rotatable bonds is 12. The van der Waals surface area contributed by atoms with Crippen LogP contribution in [0.4, 0.5) is 0 Å². The molecule has 0 atom stereocenters. The third-order valence-electron chi connectivity index (χ3n) is 3.24. The fourth-order valence-corrected chi connectivity index (χ4v) is 2.06. The summed E-state index contributed by atoms with van der Waals surface area (Å²) in [6, 6.07) is 8.05. The van der Waals surface area contributed by atoms with Gasteiger partial charge in [-0.15, -0.1) is 0 Å². The fraction of sp³-hybridized carbons (Fsp3) is 0.611. The summed E-state index contributed by atoms with van der Waals surface area (Å²) < 4.78 is 15.8. The van der Waals surface area contributed by atoms with Crippen LogP contribution in [0.3, 0.4) is 0 Å². The molecule has 1 rings (SSSR count). The zero-order valence-electron chi connectivity index (χ0n) is 15.1. The van der Waals surface area contributed by atoms with Crippen LogP contribution in [0.15, 0.2) is 29.3 Å². The highest BCUT2D eigenvalue weighted by atomic mass is 16.5. The Balaban J connectivity index is 2.48. The van der Waals surface area contributed by atoms with Crippen molar-refractivity contribution in [3.63, 3.8) is 0 Å². The van der Waals surface area contributed by atoms with Crippen molar-refractivity contribution >= 4 is 5.96 Å². The van der Waals surface area contributed by atoms with Crippen LogP contribution < -0.4 is 15.4 Å². The van der Waals surface area contributed by atoms with Crippen molar-refractivity contribution in [2.75, 3.05) is 47.1 Å². The fourth-order valence-electron chi connectivity index (χ4n) is 2.06. The summed E-state index contributed by atoms with van der Waals surface area (Å²) in [5.74, 6) is 1.69. The molecule has 0 spiro atoms. The summed E-state index contributed by atoms with van der Waals surface area (Å²) in [7, 11) is 3.41. The maximum Gasteiger partial charge on any atom is 0.191 e. The molecular formula is C18H31N3O3. The molecule has 0 aliphatic heterocycles. The van der Waals surface area contributed by atoms with Crippen molar-refractivity contribution < 1.29 is 14.2 Å². The number of benzene rings is 1. The molecule has 6 heteroatoms. The normalized spacial score (nSPS) is 11.4. The van der Waals surface area contributed by atoms with Crippen molar-refractivity contribution in [2.45, 2.75) is 26.3 Å². The first-order valence-electron chi connectivity index (χ1n) is 8.52. The van der Waals surface area contributed by atoms with E-state index in [1.807, 2.05) is 18.2 Å². The molecule has 1 aromatic carbocycles. The lowest BCUT2D eigenvalue weighted by molar-refractivity contribution is 0.172. The Morgan fingerprint density at radius 1 is 1.04 bits per heavy atom. The first-order chi connectivity index (χ1) is 11.8. The number of nitrogens with one attached hydrogen (secondary N) is 2. The van der Waals surface area contributed by atoms with Gasteiger partial charge in [-0.1, -0.05) is 12.1 Å². The van der Waals surface area contributed by atoms with Crippen molar-refractivity contribution in [3.05, 3.63) is 29.8 Å². The maximum absolute atomic E-state index is 5.72. The quantitative estimate of drug-likeness (QED) is 0.348. The third kappa shape index (κ3) is 9.37. The first kappa shape index (κ1) is 20.3. The van der Waals surface area contributed by atoms with E-state index in [4.69, 9.17) is 14.2 Å². The molecule has 0 aliphatic rings. The number of aliphatic imine (C=N–C) groups is 1. The maximum atomic E-state index is 5.72. The number of hydrogen-bond donors (Lipinski definition) is 2. The van der Waals surface area contributed by atoms with Crippen LogP contribution in [0.25, 0.3) is 0 Å². The van der Waals surface area contributed by atoms with Crippen LogP contribution in [-0.2, 0) is 16.0 Å². The molecule has 2 N–H and O–H groups in total. The van der Waals surface area contributed by atoms with Gasteiger partial charge in [-0.3, -0.25) is 0 Å². The Morgan fingerprint density at radius 3 is 2.58 bits per heavy atom. The Morgan fingerprint density at radius 2 is 1.83 bits per heavy atom. The monoisotopic (exact) mass is 337 g/mol. The molecule has 24 heavy (non-hydrogen) atoms. The second kappa shape index (κ2) is 13.6. The molecular weight excluding hydrogens is 306 g/mol. The number of nitrogens with zero attached hydrogens (tertiary/aromatic N) is 1. The second-order valence-electron chi connectivity index (χ2n) is 5.31. The van der Waals surface area contributed by atoms with E-state index >= 15 is 0 Å². The predicted octanol–water partition coefficient (Wildman–Crippen LogP) is 2.19. The summed E-state index contributed by atoms with van der Waals surface area (Å²) in [5.41, 5.74) is 1.12. The lowest BCUT2D eigenvalue weighted by atomic mass is 10.2. The van der Waals surface area contributed by atoms with Crippen molar-refractivity contribution in [1.29, 1.82) is 0 Å². The van der Waals surface area contributed by atoms with Gasteiger partial charge in [0, 0.05) is 46.9 Å². The van der Waals surface area contributed by atoms with Crippen molar-refractivity contribution in [2.24, 2.45) is 4.99 Å². The van der Waals surface area contributed by atoms with Crippen LogP contribution in [0.1, 0.15) is 25.3 Å². The lowest BCUT2D eigenvalue weighted by Crippen LogP contribution is -2.38. The van der Waals surface area contributed by atoms with Gasteiger partial charge in [0.1, 0.15) is 5.75 Å². The Kier molecular flexibility index (Phi) is 11.5. The SMILES string of the molecule is CCNC(=NCc1cccc(OCCCOC)c1)NCCCOC. The van der Waals surface area contributed by atoms with Gasteiger partial charge in [-0.2, -0.15) is 0 Å². The summed E-state index contributed by atoms with van der Waals surface area (Å²) in [4.78, 5) is 4.61. The molecule has 136 valence electrons. The number of hydrogen-bond acceptors (Lipinski definition) is 4. The van der Waals surface area contributed by atoms with Gasteiger partial charge in [0.25, 0.3) is 0 Å². The molecule has 6 nitrogen and oxygen atoms in total. The van der Waals surface area contributed by atoms with E-state index in [0.717, 1.165) is 49.8 Å². The summed E-state index contributed by atoms with van der Waals surface area (Å²) in [5, 5.41) is 6.55. The van der Waals surface area contributed by atoms with E-state index in [0.29, 0.717) is 19.8 Å². The zero-order valence-corrected chi connectivity index (χ0v) is 15.1. The Bertz CT molecular complexity index is 467. The number of guanidine groups is 1. The minimum atomic E-state index is 0.606.